The van der Waals surface area contributed by atoms with Gasteiger partial charge in [0.25, 0.3) is 5.91 Å². The lowest BCUT2D eigenvalue weighted by molar-refractivity contribution is -0.137. The van der Waals surface area contributed by atoms with E-state index in [-0.39, 0.29) is 18.0 Å². The number of hydrogen-bond acceptors (Lipinski definition) is 6. The van der Waals surface area contributed by atoms with Crippen LogP contribution in [0.3, 0.4) is 0 Å². The fourth-order valence-electron chi connectivity index (χ4n) is 3.28. The number of amides is 1. The molecule has 8 nitrogen and oxygen atoms in total. The van der Waals surface area contributed by atoms with Crippen molar-refractivity contribution >= 4 is 5.91 Å². The SMILES string of the molecule is Cc1cc(=O)c(C(=O)N[C@H](CO)CN2CCOCC2)nn1-c1cccc(C(F)(F)F)c1. The summed E-state index contributed by atoms with van der Waals surface area (Å²) in [5, 5.41) is 16.2. The van der Waals surface area contributed by atoms with E-state index in [4.69, 9.17) is 4.74 Å². The third-order valence-electron chi connectivity index (χ3n) is 4.88. The second-order valence-corrected chi connectivity index (χ2v) is 7.22. The van der Waals surface area contributed by atoms with E-state index < -0.39 is 34.8 Å². The number of nitrogens with one attached hydrogen (secondary N) is 1. The van der Waals surface area contributed by atoms with Gasteiger partial charge < -0.3 is 15.2 Å². The number of nitrogens with zero attached hydrogens (tertiary/aromatic N) is 3. The molecule has 11 heteroatoms. The van der Waals surface area contributed by atoms with Crippen LogP contribution in [0.25, 0.3) is 5.69 Å². The van der Waals surface area contributed by atoms with E-state index in [1.807, 2.05) is 4.90 Å². The lowest BCUT2D eigenvalue weighted by atomic mass is 10.2. The van der Waals surface area contributed by atoms with Crippen molar-refractivity contribution in [1.82, 2.24) is 20.0 Å². The molecule has 1 fully saturated rings. The summed E-state index contributed by atoms with van der Waals surface area (Å²) >= 11 is 0. The molecule has 0 spiro atoms. The van der Waals surface area contributed by atoms with Gasteiger partial charge in [-0.3, -0.25) is 14.5 Å². The third kappa shape index (κ3) is 5.69. The number of alkyl halides is 3. The van der Waals surface area contributed by atoms with Crippen molar-refractivity contribution in [3.8, 4) is 5.69 Å². The Kier molecular flexibility index (Phi) is 7.08. The van der Waals surface area contributed by atoms with E-state index in [2.05, 4.69) is 10.4 Å². The second-order valence-electron chi connectivity index (χ2n) is 7.22. The number of aryl methyl sites for hydroxylation is 1. The molecule has 31 heavy (non-hydrogen) atoms. The highest BCUT2D eigenvalue weighted by atomic mass is 19.4. The van der Waals surface area contributed by atoms with Gasteiger partial charge in [0.15, 0.2) is 5.69 Å². The zero-order valence-corrected chi connectivity index (χ0v) is 16.9. The lowest BCUT2D eigenvalue weighted by Crippen LogP contribution is -2.49. The van der Waals surface area contributed by atoms with Gasteiger partial charge in [0.2, 0.25) is 5.43 Å². The number of carbonyl (C=O) groups is 1. The van der Waals surface area contributed by atoms with E-state index >= 15 is 0 Å². The maximum atomic E-state index is 13.1. The van der Waals surface area contributed by atoms with Crippen LogP contribution in [0.5, 0.6) is 0 Å². The Balaban J connectivity index is 1.85. The maximum absolute atomic E-state index is 13.1. The minimum atomic E-state index is -4.54. The molecule has 3 rings (SSSR count). The Bertz CT molecular complexity index is 987. The number of rotatable bonds is 6. The van der Waals surface area contributed by atoms with Crippen molar-refractivity contribution < 1.29 is 27.8 Å². The van der Waals surface area contributed by atoms with Crippen molar-refractivity contribution in [3.63, 3.8) is 0 Å². The van der Waals surface area contributed by atoms with Crippen molar-refractivity contribution in [1.29, 1.82) is 0 Å². The van der Waals surface area contributed by atoms with Gasteiger partial charge in [-0.05, 0) is 25.1 Å². The summed E-state index contributed by atoms with van der Waals surface area (Å²) in [5.74, 6) is -0.807. The molecule has 1 aromatic carbocycles. The van der Waals surface area contributed by atoms with Gasteiger partial charge >= 0.3 is 6.18 Å². The number of benzene rings is 1. The van der Waals surface area contributed by atoms with Gasteiger partial charge in [-0.15, -0.1) is 0 Å². The van der Waals surface area contributed by atoms with Crippen LogP contribution in [0.15, 0.2) is 35.1 Å². The maximum Gasteiger partial charge on any atom is 0.416 e. The standard InChI is InChI=1S/C20H23F3N4O4/c1-13-9-17(29)18(19(30)24-15(12-28)11-26-5-7-31-8-6-26)25-27(13)16-4-2-3-14(10-16)20(21,22)23/h2-4,9-10,15,28H,5-8,11-12H2,1H3,(H,24,30)/t15-/m0/s1. The third-order valence-corrected chi connectivity index (χ3v) is 4.88. The predicted molar refractivity (Wildman–Crippen MR) is 105 cm³/mol. The topological polar surface area (TPSA) is 96.7 Å². The molecular weight excluding hydrogens is 417 g/mol. The molecule has 0 unspecified atom stereocenters. The number of hydrogen-bond donors (Lipinski definition) is 2. The first kappa shape index (κ1) is 22.9. The van der Waals surface area contributed by atoms with Crippen LogP contribution in [-0.4, -0.2) is 71.2 Å². The monoisotopic (exact) mass is 440 g/mol. The zero-order valence-electron chi connectivity index (χ0n) is 16.9. The smallest absolute Gasteiger partial charge is 0.394 e. The molecule has 1 atom stereocenters. The van der Waals surface area contributed by atoms with Crippen LogP contribution >= 0.6 is 0 Å². The van der Waals surface area contributed by atoms with Crippen molar-refractivity contribution in [2.45, 2.75) is 19.1 Å². The first-order chi connectivity index (χ1) is 14.7. The van der Waals surface area contributed by atoms with Crippen LogP contribution in [0.4, 0.5) is 13.2 Å². The molecule has 1 aromatic heterocycles. The number of aliphatic hydroxyl groups is 1. The Morgan fingerprint density at radius 1 is 1.29 bits per heavy atom. The first-order valence-corrected chi connectivity index (χ1v) is 9.69. The average Bonchev–Trinajstić information content (AvgIpc) is 2.73. The fourth-order valence-corrected chi connectivity index (χ4v) is 3.28. The molecule has 0 radical (unpaired) electrons. The summed E-state index contributed by atoms with van der Waals surface area (Å²) in [4.78, 5) is 27.0. The number of aromatic nitrogens is 2. The summed E-state index contributed by atoms with van der Waals surface area (Å²) < 4.78 is 45.5. The van der Waals surface area contributed by atoms with Gasteiger partial charge in [0.1, 0.15) is 0 Å². The largest absolute Gasteiger partial charge is 0.416 e. The summed E-state index contributed by atoms with van der Waals surface area (Å²) in [5.41, 5.74) is -1.67. The van der Waals surface area contributed by atoms with Gasteiger partial charge in [-0.25, -0.2) is 4.68 Å². The quantitative estimate of drug-likeness (QED) is 0.696. The summed E-state index contributed by atoms with van der Waals surface area (Å²) in [7, 11) is 0. The summed E-state index contributed by atoms with van der Waals surface area (Å²) in [6.07, 6.45) is -4.54. The Morgan fingerprint density at radius 2 is 2.00 bits per heavy atom. The average molecular weight is 440 g/mol. The Hall–Kier alpha value is -2.76. The van der Waals surface area contributed by atoms with Crippen LogP contribution in [0.2, 0.25) is 0 Å². The van der Waals surface area contributed by atoms with Crippen LogP contribution in [-0.2, 0) is 10.9 Å². The van der Waals surface area contributed by atoms with Gasteiger partial charge in [0, 0.05) is 31.4 Å². The minimum absolute atomic E-state index is 0.0633. The first-order valence-electron chi connectivity index (χ1n) is 9.69. The molecule has 1 amide bonds. The number of carbonyl (C=O) groups excluding carboxylic acids is 1. The lowest BCUT2D eigenvalue weighted by Gasteiger charge is -2.30. The Morgan fingerprint density at radius 3 is 2.65 bits per heavy atom. The fraction of sp³-hybridized carbons (Fsp3) is 0.450. The molecule has 0 saturated carbocycles. The normalized spacial score (nSPS) is 16.2. The Labute approximate surface area is 176 Å². The van der Waals surface area contributed by atoms with E-state index in [0.29, 0.717) is 32.8 Å². The molecule has 2 N–H and O–H groups in total. The van der Waals surface area contributed by atoms with Gasteiger partial charge in [-0.1, -0.05) is 6.07 Å². The molecule has 168 valence electrons. The van der Waals surface area contributed by atoms with Crippen LogP contribution in [0, 0.1) is 6.92 Å². The highest BCUT2D eigenvalue weighted by Gasteiger charge is 2.31. The van der Waals surface area contributed by atoms with E-state index in [1.165, 1.54) is 19.1 Å². The molecule has 2 heterocycles. The van der Waals surface area contributed by atoms with Gasteiger partial charge in [-0.2, -0.15) is 18.3 Å². The van der Waals surface area contributed by atoms with E-state index in [1.54, 1.807) is 0 Å². The summed E-state index contributed by atoms with van der Waals surface area (Å²) in [6.45, 7) is 3.91. The van der Waals surface area contributed by atoms with E-state index in [0.717, 1.165) is 22.9 Å². The van der Waals surface area contributed by atoms with E-state index in [9.17, 15) is 27.9 Å². The zero-order chi connectivity index (χ0) is 22.6. The van der Waals surface area contributed by atoms with Crippen molar-refractivity contribution in [3.05, 3.63) is 57.5 Å². The molecule has 1 aliphatic rings. The highest BCUT2D eigenvalue weighted by molar-refractivity contribution is 5.92. The van der Waals surface area contributed by atoms with Crippen molar-refractivity contribution in [2.75, 3.05) is 39.5 Å². The number of ether oxygens (including phenoxy) is 1. The van der Waals surface area contributed by atoms with Gasteiger partial charge in [0.05, 0.1) is 37.1 Å². The molecule has 2 aromatic rings. The second kappa shape index (κ2) is 9.58. The summed E-state index contributed by atoms with van der Waals surface area (Å²) in [6, 6.07) is 4.93. The molecule has 1 saturated heterocycles. The number of halogens is 3. The predicted octanol–water partition coefficient (Wildman–Crippen LogP) is 0.983. The number of aliphatic hydroxyl groups excluding tert-OH is 1. The molecule has 0 aliphatic carbocycles. The van der Waals surface area contributed by atoms with Crippen LogP contribution in [0.1, 0.15) is 21.7 Å². The molecule has 1 aliphatic heterocycles. The molecular formula is C20H23F3N4O4. The van der Waals surface area contributed by atoms with Crippen molar-refractivity contribution in [2.24, 2.45) is 0 Å². The highest BCUT2D eigenvalue weighted by Crippen LogP contribution is 2.30. The minimum Gasteiger partial charge on any atom is -0.394 e. The number of morpholine rings is 1. The van der Waals surface area contributed by atoms with Crippen LogP contribution < -0.4 is 10.7 Å². The molecule has 0 bridgehead atoms.